The quantitative estimate of drug-likeness (QED) is 0.344. The van der Waals surface area contributed by atoms with Crippen molar-refractivity contribution in [3.8, 4) is 11.5 Å². The summed E-state index contributed by atoms with van der Waals surface area (Å²) in [4.78, 5) is 26.7. The summed E-state index contributed by atoms with van der Waals surface area (Å²) in [5.74, 6) is 0.985. The highest BCUT2D eigenvalue weighted by molar-refractivity contribution is 9.10. The maximum atomic E-state index is 13.2. The van der Waals surface area contributed by atoms with Crippen molar-refractivity contribution >= 4 is 33.7 Å². The van der Waals surface area contributed by atoms with Crippen LogP contribution in [0.5, 0.6) is 11.5 Å². The van der Waals surface area contributed by atoms with Crippen LogP contribution in [-0.2, 0) is 22.4 Å². The second kappa shape index (κ2) is 10.7. The first-order valence-corrected chi connectivity index (χ1v) is 11.1. The molecule has 8 heteroatoms. The van der Waals surface area contributed by atoms with Crippen molar-refractivity contribution in [2.24, 2.45) is 5.73 Å². The summed E-state index contributed by atoms with van der Waals surface area (Å²) >= 11 is 3.51. The van der Waals surface area contributed by atoms with Crippen LogP contribution in [0.4, 0.5) is 10.5 Å². The number of amides is 1. The Kier molecular flexibility index (Phi) is 7.93. The average Bonchev–Trinajstić information content (AvgIpc) is 2.78. The maximum absolute atomic E-state index is 13.2. The normalized spacial score (nSPS) is 13.7. The minimum atomic E-state index is -0.809. The molecule has 1 aliphatic rings. The van der Waals surface area contributed by atoms with Gasteiger partial charge in [-0.05, 0) is 73.2 Å². The van der Waals surface area contributed by atoms with Gasteiger partial charge in [0.2, 0.25) is 5.91 Å². The summed E-state index contributed by atoms with van der Waals surface area (Å²) in [6.07, 6.45) is 2.76. The van der Waals surface area contributed by atoms with Gasteiger partial charge >= 0.3 is 6.16 Å². The van der Waals surface area contributed by atoms with Crippen LogP contribution >= 0.6 is 15.9 Å². The number of benzene rings is 2. The van der Waals surface area contributed by atoms with Crippen LogP contribution in [0.25, 0.3) is 0 Å². The van der Waals surface area contributed by atoms with Crippen molar-refractivity contribution in [2.75, 3.05) is 25.2 Å². The number of halogens is 1. The van der Waals surface area contributed by atoms with E-state index >= 15 is 0 Å². The highest BCUT2D eigenvalue weighted by atomic mass is 79.9. The fraction of sp³-hybridized carbons (Fsp3) is 0.333. The third kappa shape index (κ3) is 5.49. The van der Waals surface area contributed by atoms with E-state index in [0.29, 0.717) is 23.2 Å². The number of methoxy groups -OCH3 is 1. The molecule has 2 N–H and O–H groups in total. The largest absolute Gasteiger partial charge is 0.514 e. The standard InChI is InChI=1S/C24H27BrN2O5/c1-4-10-31-24(29)32-18-11-15(2)19(20(25)13-18)14-21(26)23(28)27-9-5-6-16-12-17(30-3)7-8-22(16)27/h4,7-8,11-13,21H,1,5-6,9-10,14,26H2,2-3H3/t21-/m1/s1. The zero-order valence-corrected chi connectivity index (χ0v) is 19.8. The lowest BCUT2D eigenvalue weighted by molar-refractivity contribution is -0.119. The van der Waals surface area contributed by atoms with Gasteiger partial charge in [-0.15, -0.1) is 0 Å². The second-order valence-electron chi connectivity index (χ2n) is 7.55. The number of carbonyl (C=O) groups is 2. The SMILES string of the molecule is C=CCOC(=O)Oc1cc(C)c(C[C@@H](N)C(=O)N2CCCc3cc(OC)ccc32)c(Br)c1. The molecule has 1 amide bonds. The third-order valence-electron chi connectivity index (χ3n) is 5.32. The van der Waals surface area contributed by atoms with E-state index in [4.69, 9.17) is 19.9 Å². The number of nitrogens with two attached hydrogens (primary N) is 1. The smallest absolute Gasteiger partial charge is 0.497 e. The van der Waals surface area contributed by atoms with Crippen molar-refractivity contribution in [3.05, 3.63) is 64.1 Å². The van der Waals surface area contributed by atoms with E-state index in [2.05, 4.69) is 22.5 Å². The summed E-state index contributed by atoms with van der Waals surface area (Å²) in [7, 11) is 1.63. The first-order chi connectivity index (χ1) is 15.3. The molecule has 0 saturated heterocycles. The number of fused-ring (bicyclic) bond motifs is 1. The van der Waals surface area contributed by atoms with E-state index in [0.717, 1.165) is 41.0 Å². The first-order valence-electron chi connectivity index (χ1n) is 10.3. The Labute approximate surface area is 196 Å². The highest BCUT2D eigenvalue weighted by Gasteiger charge is 2.28. The van der Waals surface area contributed by atoms with Crippen molar-refractivity contribution < 1.29 is 23.8 Å². The Morgan fingerprint density at radius 1 is 1.28 bits per heavy atom. The molecule has 0 aromatic heterocycles. The van der Waals surface area contributed by atoms with E-state index in [1.807, 2.05) is 25.1 Å². The Hall–Kier alpha value is -2.84. The fourth-order valence-electron chi connectivity index (χ4n) is 3.75. The number of ether oxygens (including phenoxy) is 3. The van der Waals surface area contributed by atoms with Crippen LogP contribution in [0.3, 0.4) is 0 Å². The van der Waals surface area contributed by atoms with E-state index in [1.165, 1.54) is 6.08 Å². The predicted molar refractivity (Wildman–Crippen MR) is 126 cm³/mol. The van der Waals surface area contributed by atoms with Crippen molar-refractivity contribution in [2.45, 2.75) is 32.2 Å². The van der Waals surface area contributed by atoms with Crippen molar-refractivity contribution in [3.63, 3.8) is 0 Å². The zero-order chi connectivity index (χ0) is 23.3. The summed E-state index contributed by atoms with van der Waals surface area (Å²) in [5.41, 5.74) is 10.0. The molecule has 3 rings (SSSR count). The minimum Gasteiger partial charge on any atom is -0.497 e. The zero-order valence-electron chi connectivity index (χ0n) is 18.2. The van der Waals surface area contributed by atoms with E-state index in [1.54, 1.807) is 24.1 Å². The number of anilines is 1. The molecular formula is C24H27BrN2O5. The van der Waals surface area contributed by atoms with Crippen molar-refractivity contribution in [1.29, 1.82) is 0 Å². The van der Waals surface area contributed by atoms with Crippen LogP contribution in [0.15, 0.2) is 47.5 Å². The van der Waals surface area contributed by atoms with E-state index in [-0.39, 0.29) is 12.5 Å². The molecule has 1 heterocycles. The van der Waals surface area contributed by atoms with E-state index in [9.17, 15) is 9.59 Å². The molecule has 170 valence electrons. The van der Waals surface area contributed by atoms with Crippen LogP contribution in [0.2, 0.25) is 0 Å². The molecule has 2 aromatic rings. The molecule has 32 heavy (non-hydrogen) atoms. The second-order valence-corrected chi connectivity index (χ2v) is 8.41. The Bertz CT molecular complexity index is 1000. The molecule has 1 aliphatic heterocycles. The lowest BCUT2D eigenvalue weighted by atomic mass is 9.97. The molecule has 7 nitrogen and oxygen atoms in total. The van der Waals surface area contributed by atoms with Crippen molar-refractivity contribution in [1.82, 2.24) is 0 Å². The number of hydrogen-bond acceptors (Lipinski definition) is 6. The van der Waals surface area contributed by atoms with Gasteiger partial charge in [-0.25, -0.2) is 4.79 Å². The van der Waals surface area contributed by atoms with Gasteiger partial charge in [-0.2, -0.15) is 0 Å². The van der Waals surface area contributed by atoms with Crippen LogP contribution in [0.1, 0.15) is 23.1 Å². The maximum Gasteiger partial charge on any atom is 0.514 e. The van der Waals surface area contributed by atoms with Gasteiger partial charge in [0.1, 0.15) is 18.1 Å². The van der Waals surface area contributed by atoms with Crippen LogP contribution in [-0.4, -0.2) is 38.4 Å². The van der Waals surface area contributed by atoms with Gasteiger partial charge in [0.05, 0.1) is 13.2 Å². The highest BCUT2D eigenvalue weighted by Crippen LogP contribution is 2.32. The van der Waals surface area contributed by atoms with Gasteiger partial charge in [-0.3, -0.25) is 4.79 Å². The van der Waals surface area contributed by atoms with E-state index < -0.39 is 12.2 Å². The Balaban J connectivity index is 1.73. The molecule has 2 aromatic carbocycles. The number of nitrogens with zero attached hydrogens (tertiary/aromatic N) is 1. The Morgan fingerprint density at radius 2 is 2.06 bits per heavy atom. The lowest BCUT2D eigenvalue weighted by Crippen LogP contribution is -2.47. The molecular weight excluding hydrogens is 476 g/mol. The molecule has 0 saturated carbocycles. The lowest BCUT2D eigenvalue weighted by Gasteiger charge is -2.32. The molecule has 0 aliphatic carbocycles. The fourth-order valence-corrected chi connectivity index (χ4v) is 4.45. The average molecular weight is 503 g/mol. The minimum absolute atomic E-state index is 0.0699. The number of aryl methyl sites for hydroxylation is 2. The third-order valence-corrected chi connectivity index (χ3v) is 6.03. The number of carbonyl (C=O) groups excluding carboxylic acids is 2. The molecule has 0 radical (unpaired) electrons. The summed E-state index contributed by atoms with van der Waals surface area (Å²) in [5, 5.41) is 0. The first kappa shape index (κ1) is 23.8. The van der Waals surface area contributed by atoms with Gasteiger partial charge < -0.3 is 24.8 Å². The summed E-state index contributed by atoms with van der Waals surface area (Å²) < 4.78 is 16.0. The van der Waals surface area contributed by atoms with Gasteiger partial charge in [0.15, 0.2) is 0 Å². The Morgan fingerprint density at radius 3 is 2.75 bits per heavy atom. The van der Waals surface area contributed by atoms with Crippen LogP contribution in [0, 0.1) is 6.92 Å². The van der Waals surface area contributed by atoms with Gasteiger partial charge in [-0.1, -0.05) is 28.6 Å². The number of hydrogen-bond donors (Lipinski definition) is 1. The molecule has 1 atom stereocenters. The number of rotatable bonds is 7. The predicted octanol–water partition coefficient (Wildman–Crippen LogP) is 4.32. The molecule has 0 bridgehead atoms. The van der Waals surface area contributed by atoms with Gasteiger partial charge in [0.25, 0.3) is 0 Å². The monoisotopic (exact) mass is 502 g/mol. The molecule has 0 spiro atoms. The molecule has 0 fully saturated rings. The topological polar surface area (TPSA) is 91.1 Å². The summed E-state index contributed by atoms with van der Waals surface area (Å²) in [6.45, 7) is 6.06. The summed E-state index contributed by atoms with van der Waals surface area (Å²) in [6, 6.07) is 8.40. The van der Waals surface area contributed by atoms with Crippen LogP contribution < -0.4 is 20.1 Å². The molecule has 0 unspecified atom stereocenters. The van der Waals surface area contributed by atoms with Gasteiger partial charge in [0, 0.05) is 16.7 Å².